The molecule has 4 aromatic rings. The molecule has 0 amide bonds. The van der Waals surface area contributed by atoms with E-state index >= 15 is 0 Å². The van der Waals surface area contributed by atoms with Crippen molar-refractivity contribution in [1.29, 1.82) is 0 Å². The van der Waals surface area contributed by atoms with Gasteiger partial charge in [-0.05, 0) is 18.1 Å². The smallest absolute Gasteiger partial charge is 0.357 e. The predicted octanol–water partition coefficient (Wildman–Crippen LogP) is 3.32. The molecule has 0 bridgehead atoms. The van der Waals surface area contributed by atoms with Crippen molar-refractivity contribution in [3.63, 3.8) is 0 Å². The lowest BCUT2D eigenvalue weighted by Crippen LogP contribution is -2.54. The van der Waals surface area contributed by atoms with Gasteiger partial charge in [0.05, 0.1) is 17.4 Å². The monoisotopic (exact) mass is 507 g/mol. The fourth-order valence-corrected chi connectivity index (χ4v) is 5.13. The molecule has 0 aliphatic carbocycles. The lowest BCUT2D eigenvalue weighted by atomic mass is 10.1. The second kappa shape index (κ2) is 8.79. The minimum absolute atomic E-state index is 0.0300. The Labute approximate surface area is 210 Å². The summed E-state index contributed by atoms with van der Waals surface area (Å²) in [6.45, 7) is 6.27. The summed E-state index contributed by atoms with van der Waals surface area (Å²) >= 11 is 6.86. The van der Waals surface area contributed by atoms with Gasteiger partial charge in [0.25, 0.3) is 0 Å². The molecule has 1 saturated heterocycles. The van der Waals surface area contributed by atoms with Gasteiger partial charge in [0.1, 0.15) is 28.7 Å². The van der Waals surface area contributed by atoms with E-state index in [0.29, 0.717) is 48.2 Å². The van der Waals surface area contributed by atoms with Crippen LogP contribution in [0.25, 0.3) is 28.1 Å². The molecule has 0 unspecified atom stereocenters. The molecule has 36 heavy (non-hydrogen) atoms. The molecule has 6 rings (SSSR count). The third kappa shape index (κ3) is 3.51. The second-order valence-corrected chi connectivity index (χ2v) is 9.50. The highest BCUT2D eigenvalue weighted by atomic mass is 35.5. The van der Waals surface area contributed by atoms with Gasteiger partial charge in [-0.1, -0.05) is 37.6 Å². The summed E-state index contributed by atoms with van der Waals surface area (Å²) in [6.07, 6.45) is 3.10. The number of benzene rings is 1. The Morgan fingerprint density at radius 2 is 1.97 bits per heavy atom. The van der Waals surface area contributed by atoms with Gasteiger partial charge >= 0.3 is 5.69 Å². The average Bonchev–Trinajstić information content (AvgIpc) is 3.04. The van der Waals surface area contributed by atoms with E-state index in [1.807, 2.05) is 13.8 Å². The first-order valence-corrected chi connectivity index (χ1v) is 12.2. The maximum atomic E-state index is 14.9. The minimum Gasteiger partial charge on any atom is -0.489 e. The average molecular weight is 508 g/mol. The first-order chi connectivity index (χ1) is 17.5. The molecule has 0 radical (unpaired) electrons. The molecule has 1 N–H and O–H groups in total. The number of aromatic nitrogens is 5. The topological polar surface area (TPSA) is 98.1 Å². The van der Waals surface area contributed by atoms with Crippen molar-refractivity contribution in [2.45, 2.75) is 25.8 Å². The molecular weight excluding hydrogens is 485 g/mol. The second-order valence-electron chi connectivity index (χ2n) is 9.12. The van der Waals surface area contributed by atoms with Crippen LogP contribution in [0, 0.1) is 5.82 Å². The number of pyridine rings is 1. The van der Waals surface area contributed by atoms with E-state index in [4.69, 9.17) is 21.3 Å². The van der Waals surface area contributed by atoms with Crippen LogP contribution < -0.4 is 20.6 Å². The van der Waals surface area contributed by atoms with E-state index in [-0.39, 0.29) is 33.9 Å². The van der Waals surface area contributed by atoms with Gasteiger partial charge in [0.15, 0.2) is 17.2 Å². The fraction of sp³-hybridized carbons (Fsp3) is 0.320. The summed E-state index contributed by atoms with van der Waals surface area (Å²) < 4.78 is 22.5. The van der Waals surface area contributed by atoms with Crippen LogP contribution in [-0.2, 0) is 0 Å². The first-order valence-electron chi connectivity index (χ1n) is 11.8. The molecule has 2 aliphatic rings. The van der Waals surface area contributed by atoms with Gasteiger partial charge in [-0.25, -0.2) is 23.7 Å². The maximum absolute atomic E-state index is 14.9. The summed E-state index contributed by atoms with van der Waals surface area (Å²) in [6, 6.07) is 6.17. The molecule has 1 atom stereocenters. The SMILES string of the molecule is CC(C)c1nccnc1-n1c(=O)nc2c3c(c(Cl)c(-c4ccccc4F)nc31)OC[C@H]1CNCCN21. The van der Waals surface area contributed by atoms with Crippen LogP contribution in [0.5, 0.6) is 5.75 Å². The van der Waals surface area contributed by atoms with E-state index in [1.54, 1.807) is 24.4 Å². The Morgan fingerprint density at radius 1 is 1.17 bits per heavy atom. The Morgan fingerprint density at radius 3 is 2.78 bits per heavy atom. The number of piperazine rings is 1. The van der Waals surface area contributed by atoms with Crippen molar-refractivity contribution >= 4 is 28.5 Å². The van der Waals surface area contributed by atoms with Crippen molar-refractivity contribution < 1.29 is 9.13 Å². The molecule has 9 nitrogen and oxygen atoms in total. The molecule has 0 saturated carbocycles. The van der Waals surface area contributed by atoms with Crippen LogP contribution in [-0.4, -0.2) is 56.8 Å². The normalized spacial score (nSPS) is 17.1. The number of hydrogen-bond donors (Lipinski definition) is 1. The number of nitrogens with one attached hydrogen (secondary N) is 1. The predicted molar refractivity (Wildman–Crippen MR) is 135 cm³/mol. The lowest BCUT2D eigenvalue weighted by molar-refractivity contribution is 0.274. The summed E-state index contributed by atoms with van der Waals surface area (Å²) in [7, 11) is 0. The molecule has 2 aliphatic heterocycles. The third-order valence-electron chi connectivity index (χ3n) is 6.54. The first kappa shape index (κ1) is 22.8. The van der Waals surface area contributed by atoms with Crippen molar-refractivity contribution in [2.75, 3.05) is 31.1 Å². The zero-order valence-corrected chi connectivity index (χ0v) is 20.5. The summed E-state index contributed by atoms with van der Waals surface area (Å²) in [5.74, 6) is 0.574. The van der Waals surface area contributed by atoms with Crippen LogP contribution in [0.2, 0.25) is 5.02 Å². The van der Waals surface area contributed by atoms with Crippen LogP contribution in [0.1, 0.15) is 25.5 Å². The van der Waals surface area contributed by atoms with Crippen LogP contribution >= 0.6 is 11.6 Å². The molecule has 11 heteroatoms. The number of anilines is 1. The van der Waals surface area contributed by atoms with Gasteiger partial charge in [-0.3, -0.25) is 4.98 Å². The van der Waals surface area contributed by atoms with E-state index in [1.165, 1.54) is 16.8 Å². The molecule has 5 heterocycles. The standard InChI is InChI=1S/C25H23ClFN7O2/c1-13(2)19-24(30-8-7-29-19)34-23-17-21(18(26)20(31-23)15-5-3-4-6-16(15)27)36-12-14-11-28-9-10-33(14)22(17)32-25(34)35/h3-8,13-14,28H,9-12H2,1-2H3/t14-/m1/s1. The third-order valence-corrected chi connectivity index (χ3v) is 6.89. The lowest BCUT2D eigenvalue weighted by Gasteiger charge is -2.35. The number of rotatable bonds is 3. The largest absolute Gasteiger partial charge is 0.489 e. The van der Waals surface area contributed by atoms with E-state index in [0.717, 1.165) is 6.54 Å². The summed E-state index contributed by atoms with van der Waals surface area (Å²) in [5, 5.41) is 4.01. The zero-order chi connectivity index (χ0) is 25.0. The number of hydrogen-bond acceptors (Lipinski definition) is 8. The molecule has 3 aromatic heterocycles. The molecule has 184 valence electrons. The van der Waals surface area contributed by atoms with Crippen molar-refractivity contribution in [3.05, 3.63) is 63.7 Å². The van der Waals surface area contributed by atoms with Gasteiger partial charge in [-0.15, -0.1) is 0 Å². The Hall–Kier alpha value is -3.63. The fourth-order valence-electron chi connectivity index (χ4n) is 4.84. The van der Waals surface area contributed by atoms with Crippen molar-refractivity contribution in [2.24, 2.45) is 0 Å². The molecule has 1 fully saturated rings. The maximum Gasteiger partial charge on any atom is 0.357 e. The highest BCUT2D eigenvalue weighted by molar-refractivity contribution is 6.36. The Kier molecular flexibility index (Phi) is 5.57. The quantitative estimate of drug-likeness (QED) is 0.451. The van der Waals surface area contributed by atoms with E-state index < -0.39 is 11.5 Å². The van der Waals surface area contributed by atoms with Gasteiger partial charge in [0.2, 0.25) is 0 Å². The van der Waals surface area contributed by atoms with Gasteiger partial charge in [-0.2, -0.15) is 4.98 Å². The number of fused-ring (bicyclic) bond motifs is 2. The van der Waals surface area contributed by atoms with E-state index in [2.05, 4.69) is 25.2 Å². The van der Waals surface area contributed by atoms with Crippen molar-refractivity contribution in [1.82, 2.24) is 29.8 Å². The number of halogens is 2. The summed E-state index contributed by atoms with van der Waals surface area (Å²) in [5.41, 5.74) is 0.671. The highest BCUT2D eigenvalue weighted by Gasteiger charge is 2.34. The molecular formula is C25H23ClFN7O2. The number of nitrogens with zero attached hydrogens (tertiary/aromatic N) is 6. The molecule has 0 spiro atoms. The van der Waals surface area contributed by atoms with Crippen LogP contribution in [0.15, 0.2) is 41.5 Å². The highest BCUT2D eigenvalue weighted by Crippen LogP contribution is 2.45. The molecule has 1 aromatic carbocycles. The van der Waals surface area contributed by atoms with Crippen molar-refractivity contribution in [3.8, 4) is 22.8 Å². The van der Waals surface area contributed by atoms with Crippen LogP contribution in [0.3, 0.4) is 0 Å². The van der Waals surface area contributed by atoms with Gasteiger partial charge in [0, 0.05) is 37.6 Å². The van der Waals surface area contributed by atoms with Gasteiger partial charge < -0.3 is 15.0 Å². The van der Waals surface area contributed by atoms with Crippen LogP contribution in [0.4, 0.5) is 10.2 Å². The Bertz CT molecular complexity index is 1560. The number of ether oxygens (including phenoxy) is 1. The summed E-state index contributed by atoms with van der Waals surface area (Å²) in [4.78, 5) is 34.0. The van der Waals surface area contributed by atoms with E-state index in [9.17, 15) is 9.18 Å². The zero-order valence-electron chi connectivity index (χ0n) is 19.7. The minimum atomic E-state index is -0.556. The Balaban J connectivity index is 1.76.